The van der Waals surface area contributed by atoms with Crippen molar-refractivity contribution in [3.8, 4) is 0 Å². The molecule has 0 saturated carbocycles. The fourth-order valence-corrected chi connectivity index (χ4v) is 2.09. The Labute approximate surface area is 129 Å². The molecule has 0 bridgehead atoms. The molecule has 0 amide bonds. The first-order chi connectivity index (χ1) is 10.5. The zero-order valence-electron chi connectivity index (χ0n) is 12.5. The average Bonchev–Trinajstić information content (AvgIpc) is 2.83. The number of ketones is 1. The molecular weight excluding hydrogens is 278 g/mol. The lowest BCUT2D eigenvalue weighted by Gasteiger charge is -1.96. The first kappa shape index (κ1) is 15.5. The Balaban J connectivity index is 2.15. The van der Waals surface area contributed by atoms with Crippen molar-refractivity contribution >= 4 is 23.9 Å². The van der Waals surface area contributed by atoms with E-state index in [1.807, 2.05) is 44.4 Å². The Morgan fingerprint density at radius 2 is 1.91 bits per heavy atom. The van der Waals surface area contributed by atoms with Gasteiger partial charge in [-0.3, -0.25) is 4.79 Å². The number of carbonyl (C=O) groups excluding carboxylic acids is 1. The van der Waals surface area contributed by atoms with Crippen LogP contribution < -0.4 is 0 Å². The van der Waals surface area contributed by atoms with Gasteiger partial charge in [0.1, 0.15) is 0 Å². The number of nitrogens with zero attached hydrogens (tertiary/aromatic N) is 1. The van der Waals surface area contributed by atoms with Gasteiger partial charge >= 0.3 is 5.97 Å². The van der Waals surface area contributed by atoms with Gasteiger partial charge in [0.2, 0.25) is 0 Å². The number of rotatable bonds is 5. The van der Waals surface area contributed by atoms with Crippen LogP contribution >= 0.6 is 0 Å². The van der Waals surface area contributed by atoms with E-state index in [1.165, 1.54) is 12.2 Å². The molecule has 0 atom stereocenters. The average molecular weight is 295 g/mol. The van der Waals surface area contributed by atoms with Crippen LogP contribution in [0.15, 0.2) is 48.7 Å². The normalized spacial score (nSPS) is 11.4. The summed E-state index contributed by atoms with van der Waals surface area (Å²) in [6, 6.07) is 9.25. The third-order valence-corrected chi connectivity index (χ3v) is 3.19. The molecule has 0 spiro atoms. The molecule has 0 unspecified atom stereocenters. The summed E-state index contributed by atoms with van der Waals surface area (Å²) < 4.78 is 1.80. The van der Waals surface area contributed by atoms with E-state index >= 15 is 0 Å². The molecule has 0 fully saturated rings. The molecular formula is C18H17NO3. The maximum Gasteiger partial charge on any atom is 0.328 e. The van der Waals surface area contributed by atoms with Gasteiger partial charge in [-0.05, 0) is 42.8 Å². The minimum Gasteiger partial charge on any atom is -0.478 e. The molecule has 0 aliphatic rings. The molecule has 0 aliphatic carbocycles. The summed E-state index contributed by atoms with van der Waals surface area (Å²) in [6.45, 7) is 1.94. The van der Waals surface area contributed by atoms with Crippen LogP contribution in [0.4, 0.5) is 0 Å². The minimum absolute atomic E-state index is 0.0600. The lowest BCUT2D eigenvalue weighted by Crippen LogP contribution is -1.93. The Bertz CT molecular complexity index is 766. The Kier molecular flexibility index (Phi) is 4.73. The number of allylic oxidation sites excluding steroid dienone is 1. The molecule has 4 heteroatoms. The molecule has 0 radical (unpaired) electrons. The largest absolute Gasteiger partial charge is 0.478 e. The summed E-state index contributed by atoms with van der Waals surface area (Å²) in [5.41, 5.74) is 3.29. The van der Waals surface area contributed by atoms with Crippen LogP contribution in [0, 0.1) is 6.92 Å². The highest BCUT2D eigenvalue weighted by molar-refractivity contribution is 6.06. The monoisotopic (exact) mass is 295 g/mol. The predicted octanol–water partition coefficient (Wildman–Crippen LogP) is 3.33. The second-order valence-electron chi connectivity index (χ2n) is 5.05. The molecule has 0 saturated heterocycles. The molecule has 2 rings (SSSR count). The van der Waals surface area contributed by atoms with Crippen LogP contribution in [0.5, 0.6) is 0 Å². The maximum atomic E-state index is 12.1. The van der Waals surface area contributed by atoms with Crippen LogP contribution in [0.1, 0.15) is 27.2 Å². The third-order valence-electron chi connectivity index (χ3n) is 3.19. The number of hydrogen-bond donors (Lipinski definition) is 1. The smallest absolute Gasteiger partial charge is 0.328 e. The lowest BCUT2D eigenvalue weighted by atomic mass is 10.1. The van der Waals surface area contributed by atoms with Gasteiger partial charge in [-0.2, -0.15) is 0 Å². The molecule has 1 aromatic carbocycles. The zero-order valence-corrected chi connectivity index (χ0v) is 12.5. The number of benzene rings is 1. The van der Waals surface area contributed by atoms with Crippen LogP contribution in [-0.2, 0) is 11.8 Å². The van der Waals surface area contributed by atoms with E-state index in [1.54, 1.807) is 16.7 Å². The van der Waals surface area contributed by atoms with E-state index in [9.17, 15) is 9.59 Å². The van der Waals surface area contributed by atoms with Gasteiger partial charge in [-0.25, -0.2) is 4.79 Å². The van der Waals surface area contributed by atoms with E-state index in [4.69, 9.17) is 5.11 Å². The highest BCUT2D eigenvalue weighted by Crippen LogP contribution is 2.12. The van der Waals surface area contributed by atoms with E-state index < -0.39 is 5.97 Å². The van der Waals surface area contributed by atoms with Gasteiger partial charge in [-0.1, -0.05) is 23.8 Å². The number of hydrogen-bond acceptors (Lipinski definition) is 2. The summed E-state index contributed by atoms with van der Waals surface area (Å²) in [4.78, 5) is 22.6. The van der Waals surface area contributed by atoms with Gasteiger partial charge in [0.25, 0.3) is 0 Å². The zero-order chi connectivity index (χ0) is 16.1. The molecule has 112 valence electrons. The fraction of sp³-hybridized carbons (Fsp3) is 0.111. The van der Waals surface area contributed by atoms with Gasteiger partial charge in [-0.15, -0.1) is 0 Å². The van der Waals surface area contributed by atoms with Crippen molar-refractivity contribution in [1.82, 2.24) is 4.57 Å². The quantitative estimate of drug-likeness (QED) is 0.680. The van der Waals surface area contributed by atoms with Crippen LogP contribution in [0.25, 0.3) is 12.2 Å². The third kappa shape index (κ3) is 4.06. The SMILES string of the molecule is Cc1cccc(C(=O)/C=C/c2cc(/C=C/C(=O)O)n(C)c2)c1. The predicted molar refractivity (Wildman–Crippen MR) is 86.6 cm³/mol. The second kappa shape index (κ2) is 6.72. The maximum absolute atomic E-state index is 12.1. The lowest BCUT2D eigenvalue weighted by molar-refractivity contribution is -0.131. The Morgan fingerprint density at radius 1 is 1.14 bits per heavy atom. The van der Waals surface area contributed by atoms with Crippen molar-refractivity contribution in [2.24, 2.45) is 7.05 Å². The first-order valence-corrected chi connectivity index (χ1v) is 6.82. The van der Waals surface area contributed by atoms with Crippen molar-refractivity contribution in [3.05, 3.63) is 71.1 Å². The van der Waals surface area contributed by atoms with Gasteiger partial charge in [0, 0.05) is 30.6 Å². The molecule has 2 aromatic rings. The standard InChI is InChI=1S/C18H17NO3/c1-13-4-3-5-15(10-13)17(20)8-6-14-11-16(19(2)12-14)7-9-18(21)22/h3-12H,1-2H3,(H,21,22)/b8-6+,9-7+. The molecule has 1 heterocycles. The number of aromatic nitrogens is 1. The van der Waals surface area contributed by atoms with Crippen molar-refractivity contribution in [2.75, 3.05) is 0 Å². The summed E-state index contributed by atoms with van der Waals surface area (Å²) in [7, 11) is 1.82. The first-order valence-electron chi connectivity index (χ1n) is 6.82. The summed E-state index contributed by atoms with van der Waals surface area (Å²) >= 11 is 0. The number of aryl methyl sites for hydroxylation is 2. The van der Waals surface area contributed by atoms with E-state index in [-0.39, 0.29) is 5.78 Å². The molecule has 22 heavy (non-hydrogen) atoms. The van der Waals surface area contributed by atoms with Crippen LogP contribution in [0.2, 0.25) is 0 Å². The van der Waals surface area contributed by atoms with E-state index in [0.29, 0.717) is 5.56 Å². The van der Waals surface area contributed by atoms with Crippen molar-refractivity contribution in [3.63, 3.8) is 0 Å². The van der Waals surface area contributed by atoms with E-state index in [0.717, 1.165) is 22.9 Å². The highest BCUT2D eigenvalue weighted by atomic mass is 16.4. The molecule has 1 N–H and O–H groups in total. The summed E-state index contributed by atoms with van der Waals surface area (Å²) in [5, 5.41) is 8.64. The summed E-state index contributed by atoms with van der Waals surface area (Å²) in [6.07, 6.45) is 7.68. The van der Waals surface area contributed by atoms with Crippen molar-refractivity contribution < 1.29 is 14.7 Å². The van der Waals surface area contributed by atoms with Crippen LogP contribution in [-0.4, -0.2) is 21.4 Å². The molecule has 4 nitrogen and oxygen atoms in total. The van der Waals surface area contributed by atoms with Gasteiger partial charge in [0.15, 0.2) is 5.78 Å². The highest BCUT2D eigenvalue weighted by Gasteiger charge is 2.03. The van der Waals surface area contributed by atoms with E-state index in [2.05, 4.69) is 0 Å². The van der Waals surface area contributed by atoms with Crippen molar-refractivity contribution in [1.29, 1.82) is 0 Å². The van der Waals surface area contributed by atoms with Gasteiger partial charge in [0.05, 0.1) is 0 Å². The topological polar surface area (TPSA) is 59.3 Å². The van der Waals surface area contributed by atoms with Crippen LogP contribution in [0.3, 0.4) is 0 Å². The van der Waals surface area contributed by atoms with Gasteiger partial charge < -0.3 is 9.67 Å². The Hall–Kier alpha value is -2.88. The second-order valence-corrected chi connectivity index (χ2v) is 5.05. The number of carboxylic acid groups (broad SMARTS) is 1. The minimum atomic E-state index is -0.993. The Morgan fingerprint density at radius 3 is 2.59 bits per heavy atom. The molecule has 0 aliphatic heterocycles. The van der Waals surface area contributed by atoms with Crippen molar-refractivity contribution in [2.45, 2.75) is 6.92 Å². The number of carbonyl (C=O) groups is 2. The number of carboxylic acids is 1. The fourth-order valence-electron chi connectivity index (χ4n) is 2.09. The number of aliphatic carboxylic acids is 1. The molecule has 1 aromatic heterocycles. The summed E-state index contributed by atoms with van der Waals surface area (Å²) in [5.74, 6) is -1.05.